The van der Waals surface area contributed by atoms with E-state index in [-0.39, 0.29) is 0 Å². The van der Waals surface area contributed by atoms with E-state index in [1.807, 2.05) is 6.20 Å². The van der Waals surface area contributed by atoms with Gasteiger partial charge in [-0.25, -0.2) is 4.79 Å². The first-order valence-corrected chi connectivity index (χ1v) is 9.42. The van der Waals surface area contributed by atoms with Crippen LogP contribution >= 0.6 is 0 Å². The Balaban J connectivity index is 0.000000498. The summed E-state index contributed by atoms with van der Waals surface area (Å²) in [6, 6.07) is 2.89. The smallest absolute Gasteiger partial charge is 0.336 e. The Kier molecular flexibility index (Phi) is 11.4. The molecular weight excluding hydrogens is 412 g/mol. The SMILES string of the molecule is CC(=O)O.Cc1cnc(C)c([C@@H]2CCCN2C)c1.O=C(O)CC(O)(CC(=O)O)C(=O)O. The fourth-order valence-corrected chi connectivity index (χ4v) is 3.01. The number of aliphatic carboxylic acids is 4. The van der Waals surface area contributed by atoms with E-state index in [0.29, 0.717) is 6.04 Å². The summed E-state index contributed by atoms with van der Waals surface area (Å²) in [4.78, 5) is 46.3. The molecule has 0 bridgehead atoms. The van der Waals surface area contributed by atoms with Gasteiger partial charge in [0, 0.05) is 24.9 Å². The van der Waals surface area contributed by atoms with Crippen LogP contribution in [0.1, 0.15) is 55.5 Å². The van der Waals surface area contributed by atoms with Crippen LogP contribution in [0.5, 0.6) is 0 Å². The highest BCUT2D eigenvalue weighted by atomic mass is 16.4. The molecule has 1 fully saturated rings. The summed E-state index contributed by atoms with van der Waals surface area (Å²) in [5, 5.41) is 41.2. The van der Waals surface area contributed by atoms with E-state index < -0.39 is 42.3 Å². The Morgan fingerprint density at radius 3 is 1.94 bits per heavy atom. The van der Waals surface area contributed by atoms with Crippen molar-refractivity contribution in [3.8, 4) is 0 Å². The quantitative estimate of drug-likeness (QED) is 0.427. The number of carboxylic acids is 4. The Bertz CT molecular complexity index is 775. The highest BCUT2D eigenvalue weighted by Crippen LogP contribution is 2.31. The molecule has 0 radical (unpaired) electrons. The number of likely N-dealkylation sites (tertiary alicyclic amines) is 1. The van der Waals surface area contributed by atoms with E-state index in [0.717, 1.165) is 6.92 Å². The Labute approximate surface area is 180 Å². The third kappa shape index (κ3) is 10.5. The van der Waals surface area contributed by atoms with E-state index >= 15 is 0 Å². The number of hydrogen-bond donors (Lipinski definition) is 5. The van der Waals surface area contributed by atoms with Gasteiger partial charge in [-0.15, -0.1) is 0 Å². The molecule has 0 unspecified atom stereocenters. The molecule has 1 atom stereocenters. The minimum atomic E-state index is -2.74. The third-order valence-electron chi connectivity index (χ3n) is 4.43. The maximum atomic E-state index is 10.3. The first kappa shape index (κ1) is 27.9. The van der Waals surface area contributed by atoms with Crippen molar-refractivity contribution in [3.63, 3.8) is 0 Å². The lowest BCUT2D eigenvalue weighted by atomic mass is 9.96. The van der Waals surface area contributed by atoms with Gasteiger partial charge in [-0.2, -0.15) is 0 Å². The molecule has 1 aromatic rings. The summed E-state index contributed by atoms with van der Waals surface area (Å²) in [6.07, 6.45) is 2.26. The molecule has 0 spiro atoms. The van der Waals surface area contributed by atoms with Crippen LogP contribution in [-0.4, -0.2) is 78.5 Å². The minimum absolute atomic E-state index is 0.599. The van der Waals surface area contributed by atoms with Gasteiger partial charge >= 0.3 is 17.9 Å². The molecule has 2 heterocycles. The second-order valence-electron chi connectivity index (χ2n) is 7.32. The van der Waals surface area contributed by atoms with Gasteiger partial charge in [-0.1, -0.05) is 6.07 Å². The van der Waals surface area contributed by atoms with Crippen molar-refractivity contribution in [1.29, 1.82) is 0 Å². The molecule has 1 aromatic heterocycles. The molecule has 1 aliphatic heterocycles. The van der Waals surface area contributed by atoms with Crippen LogP contribution in [0.25, 0.3) is 0 Å². The molecule has 11 nitrogen and oxygen atoms in total. The second-order valence-corrected chi connectivity index (χ2v) is 7.32. The lowest BCUT2D eigenvalue weighted by Crippen LogP contribution is -2.42. The average Bonchev–Trinajstić information content (AvgIpc) is 3.01. The van der Waals surface area contributed by atoms with Crippen LogP contribution in [0.15, 0.2) is 12.3 Å². The van der Waals surface area contributed by atoms with Crippen molar-refractivity contribution >= 4 is 23.9 Å². The Hall–Kier alpha value is -3.05. The van der Waals surface area contributed by atoms with Crippen LogP contribution in [0.2, 0.25) is 0 Å². The number of carboxylic acid groups (broad SMARTS) is 4. The highest BCUT2D eigenvalue weighted by molar-refractivity contribution is 5.88. The zero-order valence-electron chi connectivity index (χ0n) is 18.0. The predicted molar refractivity (Wildman–Crippen MR) is 109 cm³/mol. The first-order chi connectivity index (χ1) is 14.2. The number of aromatic nitrogens is 1. The number of aryl methyl sites for hydroxylation is 2. The summed E-state index contributed by atoms with van der Waals surface area (Å²) in [6.45, 7) is 6.53. The molecule has 11 heteroatoms. The Morgan fingerprint density at radius 2 is 1.58 bits per heavy atom. The molecule has 5 N–H and O–H groups in total. The van der Waals surface area contributed by atoms with E-state index in [1.54, 1.807) is 0 Å². The zero-order valence-corrected chi connectivity index (χ0v) is 18.0. The molecule has 0 amide bonds. The fraction of sp³-hybridized carbons (Fsp3) is 0.550. The topological polar surface area (TPSA) is 186 Å². The monoisotopic (exact) mass is 442 g/mol. The first-order valence-electron chi connectivity index (χ1n) is 9.42. The number of hydrogen-bond acceptors (Lipinski definition) is 7. The van der Waals surface area contributed by atoms with Crippen molar-refractivity contribution < 1.29 is 44.7 Å². The van der Waals surface area contributed by atoms with Gasteiger partial charge < -0.3 is 25.5 Å². The largest absolute Gasteiger partial charge is 0.481 e. The maximum absolute atomic E-state index is 10.3. The second kappa shape index (κ2) is 12.6. The zero-order chi connectivity index (χ0) is 24.4. The van der Waals surface area contributed by atoms with Crippen molar-refractivity contribution in [1.82, 2.24) is 9.88 Å². The number of aliphatic hydroxyl groups is 1. The summed E-state index contributed by atoms with van der Waals surface area (Å²) >= 11 is 0. The molecule has 2 rings (SSSR count). The minimum Gasteiger partial charge on any atom is -0.481 e. The number of pyridine rings is 1. The van der Waals surface area contributed by atoms with E-state index in [2.05, 4.69) is 36.8 Å². The van der Waals surface area contributed by atoms with Crippen molar-refractivity contribution in [2.45, 2.75) is 58.1 Å². The van der Waals surface area contributed by atoms with Gasteiger partial charge in [0.05, 0.1) is 12.8 Å². The van der Waals surface area contributed by atoms with Gasteiger partial charge in [0.25, 0.3) is 5.97 Å². The van der Waals surface area contributed by atoms with Crippen LogP contribution in [0.4, 0.5) is 0 Å². The van der Waals surface area contributed by atoms with Crippen molar-refractivity contribution in [3.05, 3.63) is 29.1 Å². The lowest BCUT2D eigenvalue weighted by Gasteiger charge is -2.21. The van der Waals surface area contributed by atoms with E-state index in [1.165, 1.54) is 36.2 Å². The number of rotatable bonds is 6. The highest BCUT2D eigenvalue weighted by Gasteiger charge is 2.40. The average molecular weight is 442 g/mol. The molecule has 0 aliphatic carbocycles. The molecule has 31 heavy (non-hydrogen) atoms. The Morgan fingerprint density at radius 1 is 1.10 bits per heavy atom. The standard InChI is InChI=1S/C12H18N2.C6H8O7.C2H4O2/c1-9-7-11(10(2)13-8-9)12-5-4-6-14(12)3;7-3(8)1-6(13,5(11)12)2-4(9)10;1-2(3)4/h7-8,12H,4-6H2,1-3H3;13H,1-2H2,(H,7,8)(H,9,10)(H,11,12);1H3,(H,3,4)/t12-;;/m0../s1. The van der Waals surface area contributed by atoms with Crippen molar-refractivity contribution in [2.75, 3.05) is 13.6 Å². The molecule has 0 saturated carbocycles. The van der Waals surface area contributed by atoms with Crippen LogP contribution in [-0.2, 0) is 19.2 Å². The van der Waals surface area contributed by atoms with Crippen LogP contribution in [0.3, 0.4) is 0 Å². The molecule has 1 aliphatic rings. The van der Waals surface area contributed by atoms with E-state index in [9.17, 15) is 14.4 Å². The van der Waals surface area contributed by atoms with Crippen LogP contribution < -0.4 is 0 Å². The van der Waals surface area contributed by atoms with Gasteiger partial charge in [-0.05, 0) is 51.4 Å². The van der Waals surface area contributed by atoms with Gasteiger partial charge in [-0.3, -0.25) is 24.3 Å². The number of nitrogens with zero attached hydrogens (tertiary/aromatic N) is 2. The summed E-state index contributed by atoms with van der Waals surface area (Å²) in [5.41, 5.74) is 1.14. The van der Waals surface area contributed by atoms with Gasteiger partial charge in [0.15, 0.2) is 5.60 Å². The molecule has 174 valence electrons. The number of carbonyl (C=O) groups is 4. The predicted octanol–water partition coefficient (Wildman–Crippen LogP) is 1.31. The summed E-state index contributed by atoms with van der Waals surface area (Å²) < 4.78 is 0. The molecular formula is C20H30N2O9. The lowest BCUT2D eigenvalue weighted by molar-refractivity contribution is -0.170. The maximum Gasteiger partial charge on any atom is 0.336 e. The normalized spacial score (nSPS) is 15.7. The summed E-state index contributed by atoms with van der Waals surface area (Å²) in [7, 11) is 2.21. The fourth-order valence-electron chi connectivity index (χ4n) is 3.01. The van der Waals surface area contributed by atoms with Gasteiger partial charge in [0.2, 0.25) is 0 Å². The molecule has 0 aromatic carbocycles. The van der Waals surface area contributed by atoms with Crippen LogP contribution in [0, 0.1) is 13.8 Å². The van der Waals surface area contributed by atoms with Crippen molar-refractivity contribution in [2.24, 2.45) is 0 Å². The summed E-state index contributed by atoms with van der Waals surface area (Å²) in [5.74, 6) is -5.85. The van der Waals surface area contributed by atoms with E-state index in [4.69, 9.17) is 30.3 Å². The molecule has 1 saturated heterocycles. The third-order valence-corrected chi connectivity index (χ3v) is 4.43. The van der Waals surface area contributed by atoms with Gasteiger partial charge in [0.1, 0.15) is 0 Å².